The topological polar surface area (TPSA) is 33.1 Å². The van der Waals surface area contributed by atoms with Gasteiger partial charge in [-0.05, 0) is 93.7 Å². The number of benzene rings is 1. The van der Waals surface area contributed by atoms with Crippen LogP contribution in [0, 0.1) is 27.7 Å². The van der Waals surface area contributed by atoms with E-state index in [1.165, 1.54) is 65.9 Å². The number of aromatic nitrogens is 2. The maximum atomic E-state index is 5.97. The highest BCUT2D eigenvalue weighted by molar-refractivity contribution is 7.80. The molecule has 3 heterocycles. The first-order valence-corrected chi connectivity index (χ1v) is 12.6. The van der Waals surface area contributed by atoms with Gasteiger partial charge in [-0.15, -0.1) is 0 Å². The van der Waals surface area contributed by atoms with Gasteiger partial charge >= 0.3 is 0 Å². The van der Waals surface area contributed by atoms with Crippen molar-refractivity contribution in [2.45, 2.75) is 77.9 Å². The van der Waals surface area contributed by atoms with Gasteiger partial charge in [0.25, 0.3) is 0 Å². The Morgan fingerprint density at radius 1 is 0.970 bits per heavy atom. The van der Waals surface area contributed by atoms with Crippen molar-refractivity contribution in [2.24, 2.45) is 0 Å². The summed E-state index contributed by atoms with van der Waals surface area (Å²) in [7, 11) is 0. The molecule has 1 aromatic carbocycles. The fraction of sp³-hybridized carbons (Fsp3) is 0.429. The average Bonchev–Trinajstić information content (AvgIpc) is 3.32. The van der Waals surface area contributed by atoms with E-state index in [4.69, 9.17) is 17.2 Å². The van der Waals surface area contributed by atoms with E-state index in [1.807, 2.05) is 12.3 Å². The number of nitrogens with zero attached hydrogens (tertiary/aromatic N) is 3. The third-order valence-electron chi connectivity index (χ3n) is 7.71. The highest BCUT2D eigenvalue weighted by Gasteiger charge is 2.44. The van der Waals surface area contributed by atoms with Crippen LogP contribution in [-0.2, 0) is 0 Å². The summed E-state index contributed by atoms with van der Waals surface area (Å²) >= 11 is 5.97. The number of hydrogen-bond donors (Lipinski definition) is 1. The molecular weight excluding hydrogens is 424 g/mol. The molecule has 2 aliphatic rings. The molecule has 0 bridgehead atoms. The summed E-state index contributed by atoms with van der Waals surface area (Å²) in [5.41, 5.74) is 8.87. The van der Waals surface area contributed by atoms with Gasteiger partial charge in [-0.3, -0.25) is 4.98 Å². The normalized spacial score (nSPS) is 21.5. The summed E-state index contributed by atoms with van der Waals surface area (Å²) in [5, 5.41) is 4.54. The molecule has 0 unspecified atom stereocenters. The highest BCUT2D eigenvalue weighted by Crippen LogP contribution is 2.44. The van der Waals surface area contributed by atoms with E-state index < -0.39 is 0 Å². The number of aryl methyl sites for hydroxylation is 2. The minimum absolute atomic E-state index is 0.0492. The van der Waals surface area contributed by atoms with Gasteiger partial charge in [0.2, 0.25) is 0 Å². The zero-order chi connectivity index (χ0) is 23.1. The zero-order valence-electron chi connectivity index (χ0n) is 20.1. The number of nitrogens with one attached hydrogen (secondary N) is 1. The molecule has 3 aromatic rings. The van der Waals surface area contributed by atoms with Gasteiger partial charge in [0.05, 0.1) is 17.8 Å². The lowest BCUT2D eigenvalue weighted by molar-refractivity contribution is 0.197. The van der Waals surface area contributed by atoms with Gasteiger partial charge in [-0.2, -0.15) is 0 Å². The first-order chi connectivity index (χ1) is 16.0. The maximum absolute atomic E-state index is 5.97. The third kappa shape index (κ3) is 3.86. The number of rotatable bonds is 4. The second-order valence-electron chi connectivity index (χ2n) is 9.71. The lowest BCUT2D eigenvalue weighted by Crippen LogP contribution is -2.40. The monoisotopic (exact) mass is 458 g/mol. The largest absolute Gasteiger partial charge is 0.352 e. The lowest BCUT2D eigenvalue weighted by atomic mass is 9.90. The minimum Gasteiger partial charge on any atom is -0.352 e. The number of thiocarbonyl (C=S) groups is 1. The Morgan fingerprint density at radius 3 is 2.48 bits per heavy atom. The van der Waals surface area contributed by atoms with Crippen LogP contribution in [0.2, 0.25) is 0 Å². The average molecular weight is 459 g/mol. The predicted octanol–water partition coefficient (Wildman–Crippen LogP) is 6.41. The SMILES string of the molecule is Cc1cccc(-n2c(C)cc([C@H]3[C@H](c4ccccn4)NC(=S)N3C3CCCCC3)c2C)c1C. The number of hydrogen-bond acceptors (Lipinski definition) is 2. The summed E-state index contributed by atoms with van der Waals surface area (Å²) in [5.74, 6) is 0. The Labute approximate surface area is 203 Å². The molecule has 0 amide bonds. The van der Waals surface area contributed by atoms with Crippen molar-refractivity contribution < 1.29 is 0 Å². The van der Waals surface area contributed by atoms with Crippen LogP contribution < -0.4 is 5.32 Å². The molecule has 5 rings (SSSR count). The van der Waals surface area contributed by atoms with Crippen molar-refractivity contribution in [3.05, 3.63) is 82.4 Å². The standard InChI is InChI=1S/C28H34N4S/c1-18-11-10-15-25(20(18)3)31-19(2)17-23(21(31)4)27-26(24-14-8-9-16-29-24)30-28(33)32(27)22-12-6-5-7-13-22/h8-11,14-17,22,26-27H,5-7,12-13H2,1-4H3,(H,30,33)/t26-,27-/m0/s1. The summed E-state index contributed by atoms with van der Waals surface area (Å²) in [6, 6.07) is 15.8. The first kappa shape index (κ1) is 22.1. The van der Waals surface area contributed by atoms with Crippen molar-refractivity contribution in [2.75, 3.05) is 0 Å². The van der Waals surface area contributed by atoms with Crippen molar-refractivity contribution in [1.29, 1.82) is 0 Å². The molecule has 172 valence electrons. The third-order valence-corrected chi connectivity index (χ3v) is 8.04. The maximum Gasteiger partial charge on any atom is 0.170 e. The molecule has 2 atom stereocenters. The predicted molar refractivity (Wildman–Crippen MR) is 139 cm³/mol. The molecule has 1 saturated carbocycles. The molecule has 5 heteroatoms. The first-order valence-electron chi connectivity index (χ1n) is 12.2. The fourth-order valence-corrected chi connectivity index (χ4v) is 6.28. The van der Waals surface area contributed by atoms with Gasteiger partial charge in [0.15, 0.2) is 5.11 Å². The second kappa shape index (κ2) is 8.94. The van der Waals surface area contributed by atoms with Crippen LogP contribution in [-0.4, -0.2) is 25.6 Å². The summed E-state index contributed by atoms with van der Waals surface area (Å²) in [6.07, 6.45) is 8.21. The molecule has 1 N–H and O–H groups in total. The van der Waals surface area contributed by atoms with E-state index in [2.05, 4.69) is 78.9 Å². The lowest BCUT2D eigenvalue weighted by Gasteiger charge is -2.37. The highest BCUT2D eigenvalue weighted by atomic mass is 32.1. The number of pyridine rings is 1. The van der Waals surface area contributed by atoms with Crippen molar-refractivity contribution in [3.8, 4) is 5.69 Å². The van der Waals surface area contributed by atoms with Crippen LogP contribution in [0.3, 0.4) is 0 Å². The molecule has 4 nitrogen and oxygen atoms in total. The zero-order valence-corrected chi connectivity index (χ0v) is 21.0. The van der Waals surface area contributed by atoms with Crippen LogP contribution >= 0.6 is 12.2 Å². The van der Waals surface area contributed by atoms with Gasteiger partial charge in [0.1, 0.15) is 0 Å². The van der Waals surface area contributed by atoms with Crippen molar-refractivity contribution >= 4 is 17.3 Å². The van der Waals surface area contributed by atoms with Gasteiger partial charge in [-0.25, -0.2) is 0 Å². The van der Waals surface area contributed by atoms with Crippen LogP contribution in [0.25, 0.3) is 5.69 Å². The molecule has 2 aromatic heterocycles. The Balaban J connectivity index is 1.65. The van der Waals surface area contributed by atoms with E-state index >= 15 is 0 Å². The van der Waals surface area contributed by atoms with Gasteiger partial charge in [-0.1, -0.05) is 37.5 Å². The van der Waals surface area contributed by atoms with E-state index in [0.29, 0.717) is 6.04 Å². The Kier molecular flexibility index (Phi) is 6.00. The fourth-order valence-electron chi connectivity index (χ4n) is 5.89. The summed E-state index contributed by atoms with van der Waals surface area (Å²) in [4.78, 5) is 7.25. The molecule has 0 radical (unpaired) electrons. The van der Waals surface area contributed by atoms with E-state index in [-0.39, 0.29) is 12.1 Å². The molecule has 33 heavy (non-hydrogen) atoms. The van der Waals surface area contributed by atoms with Crippen molar-refractivity contribution in [1.82, 2.24) is 19.8 Å². The minimum atomic E-state index is 0.0492. The van der Waals surface area contributed by atoms with Crippen LogP contribution in [0.5, 0.6) is 0 Å². The van der Waals surface area contributed by atoms with Crippen LogP contribution in [0.15, 0.2) is 48.7 Å². The Bertz CT molecular complexity index is 1160. The Hall–Kier alpha value is -2.66. The van der Waals surface area contributed by atoms with Gasteiger partial charge < -0.3 is 14.8 Å². The summed E-state index contributed by atoms with van der Waals surface area (Å²) < 4.78 is 2.42. The van der Waals surface area contributed by atoms with E-state index in [1.54, 1.807) is 0 Å². The molecule has 1 aliphatic carbocycles. The molecular formula is C28H34N4S. The summed E-state index contributed by atoms with van der Waals surface area (Å²) in [6.45, 7) is 8.90. The molecule has 0 spiro atoms. The van der Waals surface area contributed by atoms with Crippen molar-refractivity contribution in [3.63, 3.8) is 0 Å². The van der Waals surface area contributed by atoms with E-state index in [0.717, 1.165) is 10.8 Å². The van der Waals surface area contributed by atoms with Crippen LogP contribution in [0.4, 0.5) is 0 Å². The smallest absolute Gasteiger partial charge is 0.170 e. The second-order valence-corrected chi connectivity index (χ2v) is 10.1. The van der Waals surface area contributed by atoms with E-state index in [9.17, 15) is 0 Å². The molecule has 1 saturated heterocycles. The Morgan fingerprint density at radius 2 is 1.76 bits per heavy atom. The quantitative estimate of drug-likeness (QED) is 0.458. The van der Waals surface area contributed by atoms with Gasteiger partial charge in [0, 0.05) is 29.3 Å². The van der Waals surface area contributed by atoms with Crippen LogP contribution in [0.1, 0.15) is 78.0 Å². The molecule has 2 fully saturated rings. The molecule has 1 aliphatic heterocycles.